The van der Waals surface area contributed by atoms with Gasteiger partial charge in [-0.1, -0.05) is 50.3 Å². The van der Waals surface area contributed by atoms with Crippen molar-refractivity contribution < 1.29 is 9.53 Å². The van der Waals surface area contributed by atoms with Crippen LogP contribution in [0.3, 0.4) is 0 Å². The molecule has 0 aliphatic rings. The largest absolute Gasteiger partial charge is 0.494 e. The van der Waals surface area contributed by atoms with Crippen LogP contribution in [0.5, 0.6) is 5.75 Å². The van der Waals surface area contributed by atoms with E-state index in [0.717, 1.165) is 35.7 Å². The maximum absolute atomic E-state index is 12.1. The van der Waals surface area contributed by atoms with E-state index in [1.54, 1.807) is 0 Å². The number of benzene rings is 2. The van der Waals surface area contributed by atoms with E-state index in [1.165, 1.54) is 31.2 Å². The number of anilines is 2. The van der Waals surface area contributed by atoms with Crippen LogP contribution in [0.4, 0.5) is 11.4 Å². The normalized spacial score (nSPS) is 10.5. The van der Waals surface area contributed by atoms with Crippen LogP contribution in [0.2, 0.25) is 0 Å². The Bertz CT molecular complexity index is 711. The number of carbonyl (C=O) groups excluding carboxylic acids is 1. The molecule has 0 bridgehead atoms. The molecule has 0 heterocycles. The zero-order valence-corrected chi connectivity index (χ0v) is 16.8. The minimum absolute atomic E-state index is 0.0698. The summed E-state index contributed by atoms with van der Waals surface area (Å²) in [5.74, 6) is 0.775. The van der Waals surface area contributed by atoms with Gasteiger partial charge in [-0.3, -0.25) is 4.79 Å². The second kappa shape index (κ2) is 11.3. The molecule has 1 amide bonds. The van der Waals surface area contributed by atoms with Gasteiger partial charge in [-0.15, -0.1) is 0 Å². The molecule has 4 heteroatoms. The van der Waals surface area contributed by atoms with E-state index < -0.39 is 0 Å². The highest BCUT2D eigenvalue weighted by molar-refractivity contribution is 5.93. The molecule has 2 N–H and O–H groups in total. The Morgan fingerprint density at radius 2 is 1.70 bits per heavy atom. The van der Waals surface area contributed by atoms with Gasteiger partial charge < -0.3 is 15.4 Å². The molecule has 2 rings (SSSR count). The number of aryl methyl sites for hydroxylation is 2. The Balaban J connectivity index is 1.71. The van der Waals surface area contributed by atoms with Gasteiger partial charge >= 0.3 is 0 Å². The van der Waals surface area contributed by atoms with Crippen molar-refractivity contribution in [3.63, 3.8) is 0 Å². The minimum atomic E-state index is -0.0698. The Morgan fingerprint density at radius 1 is 0.963 bits per heavy atom. The first kappa shape index (κ1) is 20.8. The summed E-state index contributed by atoms with van der Waals surface area (Å²) in [4.78, 5) is 12.1. The Kier molecular flexibility index (Phi) is 8.69. The molecule has 0 aliphatic carbocycles. The number of hydrogen-bond acceptors (Lipinski definition) is 3. The van der Waals surface area contributed by atoms with Crippen LogP contribution >= 0.6 is 0 Å². The van der Waals surface area contributed by atoms with E-state index in [9.17, 15) is 4.79 Å². The van der Waals surface area contributed by atoms with Gasteiger partial charge in [0.15, 0.2) is 0 Å². The van der Waals surface area contributed by atoms with Crippen LogP contribution < -0.4 is 15.4 Å². The quantitative estimate of drug-likeness (QED) is 0.500. The monoisotopic (exact) mass is 368 g/mol. The smallest absolute Gasteiger partial charge is 0.243 e. The van der Waals surface area contributed by atoms with E-state index in [2.05, 4.69) is 30.5 Å². The molecule has 0 spiro atoms. The number of amides is 1. The molecule has 0 aromatic heterocycles. The average molecular weight is 369 g/mol. The van der Waals surface area contributed by atoms with Gasteiger partial charge in [-0.25, -0.2) is 0 Å². The third-order valence-corrected chi connectivity index (χ3v) is 4.48. The van der Waals surface area contributed by atoms with Crippen molar-refractivity contribution in [2.75, 3.05) is 23.8 Å². The van der Waals surface area contributed by atoms with Crippen LogP contribution in [-0.4, -0.2) is 19.1 Å². The summed E-state index contributed by atoms with van der Waals surface area (Å²) in [6, 6.07) is 13.7. The van der Waals surface area contributed by atoms with Gasteiger partial charge in [0.05, 0.1) is 13.2 Å². The number of unbranched alkanes of at least 4 members (excludes halogenated alkanes) is 4. The second-order valence-electron chi connectivity index (χ2n) is 7.01. The summed E-state index contributed by atoms with van der Waals surface area (Å²) in [7, 11) is 0. The predicted molar refractivity (Wildman–Crippen MR) is 114 cm³/mol. The van der Waals surface area contributed by atoms with E-state index in [0.29, 0.717) is 0 Å². The standard InChI is InChI=1S/C23H32N2O2/c1-4-5-6-7-8-15-27-21-12-10-20(11-13-21)25-23(26)17-24-22-14-9-18(2)16-19(22)3/h9-14,16,24H,4-8,15,17H2,1-3H3,(H,25,26). The van der Waals surface area contributed by atoms with Gasteiger partial charge in [0.25, 0.3) is 0 Å². The predicted octanol–water partition coefficient (Wildman–Crippen LogP) is 5.70. The van der Waals surface area contributed by atoms with E-state index in [4.69, 9.17) is 4.74 Å². The van der Waals surface area contributed by atoms with Crippen LogP contribution in [0.25, 0.3) is 0 Å². The molecular weight excluding hydrogens is 336 g/mol. The fourth-order valence-corrected chi connectivity index (χ4v) is 2.92. The van der Waals surface area contributed by atoms with Crippen LogP contribution in [0.1, 0.15) is 50.2 Å². The fraction of sp³-hybridized carbons (Fsp3) is 0.435. The maximum atomic E-state index is 12.1. The van der Waals surface area contributed by atoms with Gasteiger partial charge in [0.1, 0.15) is 5.75 Å². The van der Waals surface area contributed by atoms with Crippen molar-refractivity contribution in [2.45, 2.75) is 52.9 Å². The highest BCUT2D eigenvalue weighted by atomic mass is 16.5. The molecule has 0 aliphatic heterocycles. The van der Waals surface area contributed by atoms with E-state index in [-0.39, 0.29) is 12.5 Å². The summed E-state index contributed by atoms with van der Waals surface area (Å²) in [6.45, 7) is 7.30. The fourth-order valence-electron chi connectivity index (χ4n) is 2.92. The molecule has 0 unspecified atom stereocenters. The zero-order chi connectivity index (χ0) is 19.5. The van der Waals surface area contributed by atoms with Gasteiger partial charge in [0.2, 0.25) is 5.91 Å². The number of carbonyl (C=O) groups is 1. The Hall–Kier alpha value is -2.49. The highest BCUT2D eigenvalue weighted by Crippen LogP contribution is 2.17. The first-order valence-corrected chi connectivity index (χ1v) is 9.92. The van der Waals surface area contributed by atoms with Gasteiger partial charge in [0, 0.05) is 11.4 Å². The maximum Gasteiger partial charge on any atom is 0.243 e. The number of ether oxygens (including phenoxy) is 1. The molecule has 2 aromatic rings. The molecule has 27 heavy (non-hydrogen) atoms. The summed E-state index contributed by atoms with van der Waals surface area (Å²) < 4.78 is 5.75. The highest BCUT2D eigenvalue weighted by Gasteiger charge is 2.04. The van der Waals surface area contributed by atoms with Crippen LogP contribution in [-0.2, 0) is 4.79 Å². The van der Waals surface area contributed by atoms with Crippen molar-refractivity contribution in [1.29, 1.82) is 0 Å². The lowest BCUT2D eigenvalue weighted by Crippen LogP contribution is -2.22. The number of rotatable bonds is 11. The molecule has 2 aromatic carbocycles. The second-order valence-corrected chi connectivity index (χ2v) is 7.01. The van der Waals surface area contributed by atoms with Crippen molar-refractivity contribution in [2.24, 2.45) is 0 Å². The average Bonchev–Trinajstić information content (AvgIpc) is 2.65. The minimum Gasteiger partial charge on any atom is -0.494 e. The van der Waals surface area contributed by atoms with Gasteiger partial charge in [-0.2, -0.15) is 0 Å². The van der Waals surface area contributed by atoms with Crippen LogP contribution in [0, 0.1) is 13.8 Å². The Morgan fingerprint density at radius 3 is 2.41 bits per heavy atom. The Labute approximate surface area is 163 Å². The summed E-state index contributed by atoms with van der Waals surface area (Å²) >= 11 is 0. The first-order valence-electron chi connectivity index (χ1n) is 9.92. The molecule has 146 valence electrons. The molecule has 0 atom stereocenters. The molecule has 0 radical (unpaired) electrons. The van der Waals surface area contributed by atoms with Crippen molar-refractivity contribution in [3.8, 4) is 5.75 Å². The van der Waals surface area contributed by atoms with E-state index >= 15 is 0 Å². The summed E-state index contributed by atoms with van der Waals surface area (Å²) in [6.07, 6.45) is 6.14. The zero-order valence-electron chi connectivity index (χ0n) is 16.8. The SMILES string of the molecule is CCCCCCCOc1ccc(NC(=O)CNc2ccc(C)cc2C)cc1. The number of nitrogens with one attached hydrogen (secondary N) is 2. The topological polar surface area (TPSA) is 50.4 Å². The van der Waals surface area contributed by atoms with E-state index in [1.807, 2.05) is 43.3 Å². The molecular formula is C23H32N2O2. The lowest BCUT2D eigenvalue weighted by Gasteiger charge is -2.11. The lowest BCUT2D eigenvalue weighted by molar-refractivity contribution is -0.114. The molecule has 0 saturated carbocycles. The van der Waals surface area contributed by atoms with Crippen molar-refractivity contribution in [1.82, 2.24) is 0 Å². The molecule has 0 fully saturated rings. The summed E-state index contributed by atoms with van der Waals surface area (Å²) in [5.41, 5.74) is 4.11. The van der Waals surface area contributed by atoms with Crippen molar-refractivity contribution >= 4 is 17.3 Å². The third kappa shape index (κ3) is 7.73. The molecule has 4 nitrogen and oxygen atoms in total. The number of hydrogen-bond donors (Lipinski definition) is 2. The van der Waals surface area contributed by atoms with Crippen LogP contribution in [0.15, 0.2) is 42.5 Å². The lowest BCUT2D eigenvalue weighted by atomic mass is 10.1. The summed E-state index contributed by atoms with van der Waals surface area (Å²) in [5, 5.41) is 6.09. The molecule has 0 saturated heterocycles. The first-order chi connectivity index (χ1) is 13.1. The van der Waals surface area contributed by atoms with Crippen molar-refractivity contribution in [3.05, 3.63) is 53.6 Å². The third-order valence-electron chi connectivity index (χ3n) is 4.48. The van der Waals surface area contributed by atoms with Gasteiger partial charge in [-0.05, 0) is 56.2 Å².